The minimum atomic E-state index is -0.750. The predicted molar refractivity (Wildman–Crippen MR) is 83.0 cm³/mol. The lowest BCUT2D eigenvalue weighted by Crippen LogP contribution is -1.93. The van der Waals surface area contributed by atoms with Crippen molar-refractivity contribution in [2.75, 3.05) is 0 Å². The molecule has 1 rings (SSSR count). The fourth-order valence-electron chi connectivity index (χ4n) is 1.97. The van der Waals surface area contributed by atoms with Crippen LogP contribution >= 0.6 is 0 Å². The molecule has 0 saturated carbocycles. The van der Waals surface area contributed by atoms with Crippen molar-refractivity contribution in [1.82, 2.24) is 0 Å². The molecule has 0 aliphatic carbocycles. The Hall–Kier alpha value is -1.18. The fourth-order valence-corrected chi connectivity index (χ4v) is 1.97. The Kier molecular flexibility index (Phi) is 15.8. The van der Waals surface area contributed by atoms with E-state index in [4.69, 9.17) is 4.79 Å². The third-order valence-corrected chi connectivity index (χ3v) is 2.92. The van der Waals surface area contributed by atoms with Crippen LogP contribution in [0.2, 0.25) is 0 Å². The number of unbranched alkanes of at least 4 members (excludes halogenated alkanes) is 3. The zero-order valence-corrected chi connectivity index (χ0v) is 13.1. The molecule has 0 saturated heterocycles. The van der Waals surface area contributed by atoms with Gasteiger partial charge in [0.2, 0.25) is 0 Å². The fraction of sp³-hybridized carbons (Fsp3) is 0.588. The summed E-state index contributed by atoms with van der Waals surface area (Å²) in [5.41, 5.74) is 4.49. The van der Waals surface area contributed by atoms with E-state index in [1.807, 2.05) is 13.8 Å². The molecule has 1 nitrogen and oxygen atoms in total. The highest BCUT2D eigenvalue weighted by Gasteiger charge is 2.00. The molecule has 110 valence electrons. The second-order valence-corrected chi connectivity index (χ2v) is 4.27. The molecule has 1 aromatic rings. The Bertz CT molecular complexity index is 301. The first-order chi connectivity index (χ1) is 9.17. The van der Waals surface area contributed by atoms with E-state index in [1.54, 1.807) is 5.56 Å². The Morgan fingerprint density at radius 3 is 1.95 bits per heavy atom. The number of hydrogen-bond donors (Lipinski definition) is 0. The number of carbonyl (C=O) groups excluding carboxylic acids is 1. The van der Waals surface area contributed by atoms with Crippen LogP contribution in [0.4, 0.5) is 4.39 Å². The first-order valence-electron chi connectivity index (χ1n) is 7.26. The summed E-state index contributed by atoms with van der Waals surface area (Å²) in [4.78, 5) is 8.14. The van der Waals surface area contributed by atoms with Crippen LogP contribution < -0.4 is 0 Å². The second kappa shape index (κ2) is 14.9. The Labute approximate surface area is 118 Å². The van der Waals surface area contributed by atoms with Gasteiger partial charge in [-0.2, -0.15) is 4.39 Å². The van der Waals surface area contributed by atoms with Gasteiger partial charge in [0, 0.05) is 0 Å². The van der Waals surface area contributed by atoms with Crippen molar-refractivity contribution in [3.8, 4) is 0 Å². The number of rotatable bonds is 5. The van der Waals surface area contributed by atoms with E-state index < -0.39 is 6.54 Å². The molecule has 0 aliphatic rings. The van der Waals surface area contributed by atoms with Crippen molar-refractivity contribution in [3.05, 3.63) is 34.9 Å². The zero-order chi connectivity index (χ0) is 15.1. The smallest absolute Gasteiger partial charge is 0.265 e. The average molecular weight is 268 g/mol. The zero-order valence-electron chi connectivity index (χ0n) is 13.1. The molecule has 0 spiro atoms. The monoisotopic (exact) mass is 268 g/mol. The maximum atomic E-state index is 9.61. The summed E-state index contributed by atoms with van der Waals surface area (Å²) < 4.78 is 9.61. The minimum Gasteiger partial charge on any atom is -0.265 e. The van der Waals surface area contributed by atoms with Gasteiger partial charge in [-0.15, -0.1) is 0 Å². The molecule has 0 fully saturated rings. The summed E-state index contributed by atoms with van der Waals surface area (Å²) in [6.45, 7) is 9.96. The molecular weight excluding hydrogens is 239 g/mol. The van der Waals surface area contributed by atoms with E-state index in [9.17, 15) is 4.39 Å². The summed E-state index contributed by atoms with van der Waals surface area (Å²) >= 11 is 0. The summed E-state index contributed by atoms with van der Waals surface area (Å²) in [7, 11) is 0. The van der Waals surface area contributed by atoms with Crippen LogP contribution in [0.3, 0.4) is 0 Å². The van der Waals surface area contributed by atoms with Gasteiger partial charge in [-0.3, -0.25) is 4.79 Å². The van der Waals surface area contributed by atoms with E-state index in [2.05, 4.69) is 39.0 Å². The van der Waals surface area contributed by atoms with Gasteiger partial charge in [-0.1, -0.05) is 58.2 Å². The van der Waals surface area contributed by atoms with Crippen LogP contribution in [0.25, 0.3) is 0 Å². The second-order valence-electron chi connectivity index (χ2n) is 4.27. The number of benzene rings is 1. The van der Waals surface area contributed by atoms with Crippen LogP contribution in [0.5, 0.6) is 0 Å². The molecule has 19 heavy (non-hydrogen) atoms. The normalized spacial score (nSPS) is 8.74. The summed E-state index contributed by atoms with van der Waals surface area (Å²) in [5, 5.41) is 0. The Morgan fingerprint density at radius 1 is 1.05 bits per heavy atom. The first kappa shape index (κ1) is 20.1. The summed E-state index contributed by atoms with van der Waals surface area (Å²) in [6, 6.07) is 6.60. The molecular formula is C17H29FO. The maximum Gasteiger partial charge on any atom is 0.289 e. The first-order valence-corrected chi connectivity index (χ1v) is 7.26. The van der Waals surface area contributed by atoms with Gasteiger partial charge in [0.15, 0.2) is 0 Å². The molecule has 0 bridgehead atoms. The molecule has 0 aliphatic heterocycles. The molecule has 0 unspecified atom stereocenters. The third kappa shape index (κ3) is 10.4. The number of carbonyl (C=O) groups is 1. The quantitative estimate of drug-likeness (QED) is 0.386. The standard InChI is InChI=1S/C14H22.C2H6.CHFO/c1-4-5-6-7-11-14-12(2)9-8-10-13(14)3;1-2;2-1-3/h8-10H,4-7,11H2,1-3H3;1-2H3;1H. The van der Waals surface area contributed by atoms with Gasteiger partial charge >= 0.3 is 0 Å². The van der Waals surface area contributed by atoms with E-state index in [0.29, 0.717) is 0 Å². The molecule has 2 heteroatoms. The number of hydrogen-bond acceptors (Lipinski definition) is 1. The maximum absolute atomic E-state index is 9.61. The highest BCUT2D eigenvalue weighted by atomic mass is 19.1. The predicted octanol–water partition coefficient (Wildman–Crippen LogP) is 5.60. The summed E-state index contributed by atoms with van der Waals surface area (Å²) in [5.74, 6) is 0. The van der Waals surface area contributed by atoms with Crippen molar-refractivity contribution in [3.63, 3.8) is 0 Å². The number of aryl methyl sites for hydroxylation is 2. The van der Waals surface area contributed by atoms with Crippen molar-refractivity contribution < 1.29 is 9.18 Å². The molecule has 0 amide bonds. The number of halogens is 1. The molecule has 0 heterocycles. The van der Waals surface area contributed by atoms with Crippen LogP contribution in [-0.4, -0.2) is 6.54 Å². The highest BCUT2D eigenvalue weighted by Crippen LogP contribution is 2.16. The van der Waals surface area contributed by atoms with Crippen molar-refractivity contribution in [1.29, 1.82) is 0 Å². The van der Waals surface area contributed by atoms with E-state index in [1.165, 1.54) is 43.2 Å². The molecule has 1 aromatic carbocycles. The SMILES string of the molecule is CC.CCCCCCc1c(C)cccc1C.O=CF. The van der Waals surface area contributed by atoms with Gasteiger partial charge in [-0.05, 0) is 43.4 Å². The van der Waals surface area contributed by atoms with E-state index >= 15 is 0 Å². The van der Waals surface area contributed by atoms with E-state index in [-0.39, 0.29) is 0 Å². The lowest BCUT2D eigenvalue weighted by molar-refractivity contribution is 0.510. The van der Waals surface area contributed by atoms with Gasteiger partial charge < -0.3 is 0 Å². The van der Waals surface area contributed by atoms with Crippen LogP contribution in [0.1, 0.15) is 63.1 Å². The lowest BCUT2D eigenvalue weighted by Gasteiger charge is -2.08. The largest absolute Gasteiger partial charge is 0.289 e. The molecule has 0 atom stereocenters. The lowest BCUT2D eigenvalue weighted by atomic mass is 9.97. The Morgan fingerprint density at radius 2 is 1.53 bits per heavy atom. The van der Waals surface area contributed by atoms with Crippen LogP contribution in [0, 0.1) is 13.8 Å². The van der Waals surface area contributed by atoms with Crippen LogP contribution in [0.15, 0.2) is 18.2 Å². The molecule has 0 aromatic heterocycles. The van der Waals surface area contributed by atoms with Crippen molar-refractivity contribution >= 4 is 6.54 Å². The van der Waals surface area contributed by atoms with Gasteiger partial charge in [0.25, 0.3) is 6.54 Å². The summed E-state index contributed by atoms with van der Waals surface area (Å²) in [6.07, 6.45) is 6.69. The van der Waals surface area contributed by atoms with Gasteiger partial charge in [-0.25, -0.2) is 0 Å². The van der Waals surface area contributed by atoms with E-state index in [0.717, 1.165) is 0 Å². The van der Waals surface area contributed by atoms with Gasteiger partial charge in [0.1, 0.15) is 0 Å². The molecule has 0 radical (unpaired) electrons. The van der Waals surface area contributed by atoms with Crippen LogP contribution in [-0.2, 0) is 11.2 Å². The van der Waals surface area contributed by atoms with Crippen molar-refractivity contribution in [2.45, 2.75) is 66.7 Å². The highest BCUT2D eigenvalue weighted by molar-refractivity contribution is 5.35. The average Bonchev–Trinajstić information content (AvgIpc) is 2.41. The molecule has 0 N–H and O–H groups in total. The van der Waals surface area contributed by atoms with Crippen molar-refractivity contribution in [2.24, 2.45) is 0 Å². The van der Waals surface area contributed by atoms with Gasteiger partial charge in [0.05, 0.1) is 0 Å². The Balaban J connectivity index is 0. The minimum absolute atomic E-state index is 0.750. The third-order valence-electron chi connectivity index (χ3n) is 2.92. The topological polar surface area (TPSA) is 17.1 Å².